The third-order valence-corrected chi connectivity index (χ3v) is 5.55. The predicted molar refractivity (Wildman–Crippen MR) is 128 cm³/mol. The maximum Gasteiger partial charge on any atom is 0.310 e. The Balaban J connectivity index is 1.57. The minimum atomic E-state index is -0.714. The van der Waals surface area contributed by atoms with Crippen LogP contribution in [-0.4, -0.2) is 26.8 Å². The van der Waals surface area contributed by atoms with Crippen LogP contribution in [0.15, 0.2) is 79.4 Å². The first-order chi connectivity index (χ1) is 15.8. The summed E-state index contributed by atoms with van der Waals surface area (Å²) in [6.07, 6.45) is 1.78. The van der Waals surface area contributed by atoms with E-state index in [4.69, 9.17) is 21.1 Å². The minimum Gasteiger partial charge on any atom is -0.465 e. The molecule has 3 aromatic carbocycles. The third-order valence-electron chi connectivity index (χ3n) is 5.30. The number of esters is 1. The number of ether oxygens (including phenoxy) is 2. The molecular formula is C26H26ClN3O3. The first-order valence-electron chi connectivity index (χ1n) is 10.7. The summed E-state index contributed by atoms with van der Waals surface area (Å²) in [5.41, 5.74) is 0.449. The van der Waals surface area contributed by atoms with Crippen LogP contribution >= 0.6 is 11.6 Å². The van der Waals surface area contributed by atoms with E-state index in [-0.39, 0.29) is 12.4 Å². The lowest BCUT2D eigenvalue weighted by atomic mass is 9.87. The van der Waals surface area contributed by atoms with Gasteiger partial charge in [0.05, 0.1) is 6.42 Å². The van der Waals surface area contributed by atoms with Gasteiger partial charge in [0.2, 0.25) is 6.23 Å². The molecule has 0 aliphatic rings. The molecule has 7 heteroatoms. The van der Waals surface area contributed by atoms with Gasteiger partial charge in [0.15, 0.2) is 6.10 Å². The standard InChI is InChI=1S/C26H26ClN3O3/c1-26(2,3)24(25(30-17-28-16-29-30)32-22-12-10-21(27)11-13-22)33-23(31)15-18-8-9-19-6-4-5-7-20(19)14-18/h4-14,16-17,24-25H,15H2,1-3H3. The molecule has 33 heavy (non-hydrogen) atoms. The number of hydrogen-bond acceptors (Lipinski definition) is 5. The largest absolute Gasteiger partial charge is 0.465 e. The van der Waals surface area contributed by atoms with Crippen molar-refractivity contribution in [1.82, 2.24) is 14.8 Å². The van der Waals surface area contributed by atoms with Crippen LogP contribution in [0.25, 0.3) is 10.8 Å². The van der Waals surface area contributed by atoms with Crippen LogP contribution in [0.3, 0.4) is 0 Å². The van der Waals surface area contributed by atoms with Crippen molar-refractivity contribution in [3.8, 4) is 5.75 Å². The zero-order chi connectivity index (χ0) is 23.4. The highest BCUT2D eigenvalue weighted by Gasteiger charge is 2.39. The summed E-state index contributed by atoms with van der Waals surface area (Å²) < 4.78 is 13.8. The number of hydrogen-bond donors (Lipinski definition) is 0. The number of halogens is 1. The van der Waals surface area contributed by atoms with E-state index in [0.29, 0.717) is 10.8 Å². The van der Waals surface area contributed by atoms with Crippen LogP contribution in [0.1, 0.15) is 32.6 Å². The van der Waals surface area contributed by atoms with Crippen LogP contribution in [-0.2, 0) is 16.0 Å². The Bertz CT molecular complexity index is 1220. The van der Waals surface area contributed by atoms with Gasteiger partial charge in [-0.05, 0) is 40.6 Å². The van der Waals surface area contributed by atoms with Crippen molar-refractivity contribution in [2.45, 2.75) is 39.5 Å². The summed E-state index contributed by atoms with van der Waals surface area (Å²) in [4.78, 5) is 17.1. The number of benzene rings is 3. The van der Waals surface area contributed by atoms with Gasteiger partial charge in [0, 0.05) is 10.4 Å². The predicted octanol–water partition coefficient (Wildman–Crippen LogP) is 5.86. The number of carbonyl (C=O) groups is 1. The summed E-state index contributed by atoms with van der Waals surface area (Å²) in [6, 6.07) is 21.1. The molecule has 0 saturated carbocycles. The molecule has 1 aromatic heterocycles. The van der Waals surface area contributed by atoms with Gasteiger partial charge in [-0.1, -0.05) is 74.8 Å². The average Bonchev–Trinajstić information content (AvgIpc) is 3.31. The van der Waals surface area contributed by atoms with Crippen molar-refractivity contribution < 1.29 is 14.3 Å². The van der Waals surface area contributed by atoms with Crippen molar-refractivity contribution in [2.75, 3.05) is 0 Å². The molecule has 0 bridgehead atoms. The molecule has 0 aliphatic heterocycles. The van der Waals surface area contributed by atoms with E-state index in [2.05, 4.69) is 10.1 Å². The Morgan fingerprint density at radius 1 is 1.03 bits per heavy atom. The van der Waals surface area contributed by atoms with Crippen LogP contribution in [0, 0.1) is 5.41 Å². The van der Waals surface area contributed by atoms with E-state index in [1.54, 1.807) is 35.3 Å². The summed E-state index contributed by atoms with van der Waals surface area (Å²) in [5, 5.41) is 7.07. The topological polar surface area (TPSA) is 66.2 Å². The molecule has 1 heterocycles. The van der Waals surface area contributed by atoms with Gasteiger partial charge in [0.25, 0.3) is 0 Å². The molecule has 0 N–H and O–H groups in total. The Morgan fingerprint density at radius 2 is 1.76 bits per heavy atom. The molecule has 4 aromatic rings. The third kappa shape index (κ3) is 5.71. The SMILES string of the molecule is CC(C)(C)C(OC(=O)Cc1ccc2ccccc2c1)C(Oc1ccc(Cl)cc1)n1cncn1. The Labute approximate surface area is 198 Å². The molecule has 0 radical (unpaired) electrons. The quantitative estimate of drug-likeness (QED) is 0.321. The van der Waals surface area contributed by atoms with Crippen molar-refractivity contribution in [2.24, 2.45) is 5.41 Å². The number of aromatic nitrogens is 3. The van der Waals surface area contributed by atoms with E-state index in [1.165, 1.54) is 6.33 Å². The summed E-state index contributed by atoms with van der Waals surface area (Å²) in [6.45, 7) is 5.99. The molecule has 2 unspecified atom stereocenters. The van der Waals surface area contributed by atoms with E-state index >= 15 is 0 Å². The fourth-order valence-corrected chi connectivity index (χ4v) is 3.74. The van der Waals surface area contributed by atoms with Gasteiger partial charge in [-0.15, -0.1) is 0 Å². The van der Waals surface area contributed by atoms with E-state index in [0.717, 1.165) is 16.3 Å². The molecule has 4 rings (SSSR count). The monoisotopic (exact) mass is 463 g/mol. The zero-order valence-corrected chi connectivity index (χ0v) is 19.6. The normalized spacial score (nSPS) is 13.5. The fourth-order valence-electron chi connectivity index (χ4n) is 3.62. The lowest BCUT2D eigenvalue weighted by molar-refractivity contribution is -0.168. The van der Waals surface area contributed by atoms with Gasteiger partial charge in [0.1, 0.15) is 18.4 Å². The second kappa shape index (κ2) is 9.63. The van der Waals surface area contributed by atoms with Crippen LogP contribution in [0.4, 0.5) is 0 Å². The molecule has 0 amide bonds. The second-order valence-corrected chi connectivity index (χ2v) is 9.41. The molecule has 0 saturated heterocycles. The summed E-state index contributed by atoms with van der Waals surface area (Å²) in [5.74, 6) is 0.245. The highest BCUT2D eigenvalue weighted by atomic mass is 35.5. The Kier molecular flexibility index (Phi) is 6.65. The summed E-state index contributed by atoms with van der Waals surface area (Å²) in [7, 11) is 0. The maximum atomic E-state index is 13.0. The number of fused-ring (bicyclic) bond motifs is 1. The van der Waals surface area contributed by atoms with Crippen molar-refractivity contribution in [3.63, 3.8) is 0 Å². The smallest absolute Gasteiger partial charge is 0.310 e. The van der Waals surface area contributed by atoms with E-state index in [9.17, 15) is 4.79 Å². The zero-order valence-electron chi connectivity index (χ0n) is 18.8. The molecule has 2 atom stereocenters. The van der Waals surface area contributed by atoms with Crippen LogP contribution in [0.2, 0.25) is 5.02 Å². The number of carbonyl (C=O) groups excluding carboxylic acids is 1. The molecule has 0 spiro atoms. The fraction of sp³-hybridized carbons (Fsp3) is 0.269. The second-order valence-electron chi connectivity index (χ2n) is 8.97. The number of nitrogens with zero attached hydrogens (tertiary/aromatic N) is 3. The van der Waals surface area contributed by atoms with Gasteiger partial charge < -0.3 is 9.47 Å². The first-order valence-corrected chi connectivity index (χ1v) is 11.1. The highest BCUT2D eigenvalue weighted by Crippen LogP contribution is 2.33. The molecule has 6 nitrogen and oxygen atoms in total. The van der Waals surface area contributed by atoms with Gasteiger partial charge in [-0.2, -0.15) is 5.10 Å². The lowest BCUT2D eigenvalue weighted by Gasteiger charge is -2.36. The first kappa shape index (κ1) is 22.8. The van der Waals surface area contributed by atoms with Crippen molar-refractivity contribution in [3.05, 3.63) is 90.0 Å². The molecule has 170 valence electrons. The highest BCUT2D eigenvalue weighted by molar-refractivity contribution is 6.30. The Hall–Kier alpha value is -3.38. The summed E-state index contributed by atoms with van der Waals surface area (Å²) >= 11 is 6.01. The maximum absolute atomic E-state index is 13.0. The van der Waals surface area contributed by atoms with Crippen molar-refractivity contribution >= 4 is 28.3 Å². The van der Waals surface area contributed by atoms with Crippen molar-refractivity contribution in [1.29, 1.82) is 0 Å². The molecule has 0 fully saturated rings. The Morgan fingerprint density at radius 3 is 2.42 bits per heavy atom. The molecular weight excluding hydrogens is 438 g/mol. The van der Waals surface area contributed by atoms with E-state index < -0.39 is 17.7 Å². The number of rotatable bonds is 7. The van der Waals surface area contributed by atoms with E-state index in [1.807, 2.05) is 63.2 Å². The van der Waals surface area contributed by atoms with Gasteiger partial charge in [-0.25, -0.2) is 9.67 Å². The lowest BCUT2D eigenvalue weighted by Crippen LogP contribution is -2.42. The van der Waals surface area contributed by atoms with Gasteiger partial charge in [-0.3, -0.25) is 4.79 Å². The minimum absolute atomic E-state index is 0.155. The van der Waals surface area contributed by atoms with Crippen LogP contribution in [0.5, 0.6) is 5.75 Å². The van der Waals surface area contributed by atoms with Gasteiger partial charge >= 0.3 is 5.97 Å². The average molecular weight is 464 g/mol. The molecule has 0 aliphatic carbocycles. The van der Waals surface area contributed by atoms with Crippen LogP contribution < -0.4 is 4.74 Å².